The lowest BCUT2D eigenvalue weighted by molar-refractivity contribution is -0.142. The van der Waals surface area contributed by atoms with Crippen molar-refractivity contribution in [2.45, 2.75) is 12.5 Å². The van der Waals surface area contributed by atoms with Gasteiger partial charge in [-0.15, -0.1) is 0 Å². The molecule has 0 bridgehead atoms. The third-order valence-electron chi connectivity index (χ3n) is 2.39. The first-order chi connectivity index (χ1) is 9.08. The van der Waals surface area contributed by atoms with Crippen LogP contribution in [0.1, 0.15) is 16.8 Å². The van der Waals surface area contributed by atoms with Crippen molar-refractivity contribution in [3.8, 4) is 0 Å². The minimum atomic E-state index is -0.652. The minimum absolute atomic E-state index is 0.309. The first-order valence-electron chi connectivity index (χ1n) is 5.57. The normalized spacial score (nSPS) is 11.7. The van der Waals surface area contributed by atoms with E-state index >= 15 is 0 Å². The number of pyridine rings is 1. The van der Waals surface area contributed by atoms with Gasteiger partial charge in [0.25, 0.3) is 5.91 Å². The molecule has 0 saturated heterocycles. The maximum absolute atomic E-state index is 11.9. The van der Waals surface area contributed by atoms with Crippen molar-refractivity contribution < 1.29 is 14.3 Å². The molecule has 1 N–H and O–H groups in total. The highest BCUT2D eigenvalue weighted by Crippen LogP contribution is 2.07. The molecule has 19 heavy (non-hydrogen) atoms. The van der Waals surface area contributed by atoms with Crippen molar-refractivity contribution in [2.75, 3.05) is 19.1 Å². The van der Waals surface area contributed by atoms with Gasteiger partial charge in [-0.05, 0) is 30.6 Å². The molecule has 104 valence electrons. The third kappa shape index (κ3) is 5.08. The summed E-state index contributed by atoms with van der Waals surface area (Å²) in [4.78, 5) is 27.3. The number of aromatic nitrogens is 1. The Balaban J connectivity index is 2.69. The highest BCUT2D eigenvalue weighted by atomic mass is 35.5. The second-order valence-corrected chi connectivity index (χ2v) is 5.07. The molecule has 0 saturated carbocycles. The van der Waals surface area contributed by atoms with Crippen LogP contribution < -0.4 is 5.32 Å². The first kappa shape index (κ1) is 15.8. The van der Waals surface area contributed by atoms with Crippen LogP contribution in [-0.4, -0.2) is 42.0 Å². The number of ether oxygens (including phenoxy) is 1. The van der Waals surface area contributed by atoms with E-state index in [0.717, 1.165) is 5.75 Å². The van der Waals surface area contributed by atoms with E-state index in [4.69, 9.17) is 11.6 Å². The summed E-state index contributed by atoms with van der Waals surface area (Å²) in [7, 11) is 1.30. The fourth-order valence-corrected chi connectivity index (χ4v) is 1.96. The number of carbonyl (C=O) groups excluding carboxylic acids is 2. The van der Waals surface area contributed by atoms with E-state index in [-0.39, 0.29) is 5.91 Å². The lowest BCUT2D eigenvalue weighted by Gasteiger charge is -2.15. The predicted octanol–water partition coefficient (Wildman–Crippen LogP) is 1.76. The summed E-state index contributed by atoms with van der Waals surface area (Å²) in [6.45, 7) is 0. The van der Waals surface area contributed by atoms with Gasteiger partial charge < -0.3 is 10.1 Å². The molecule has 1 atom stereocenters. The van der Waals surface area contributed by atoms with Gasteiger partial charge in [-0.2, -0.15) is 11.8 Å². The number of nitrogens with one attached hydrogen (secondary N) is 1. The fourth-order valence-electron chi connectivity index (χ4n) is 1.38. The predicted molar refractivity (Wildman–Crippen MR) is 75.5 cm³/mol. The minimum Gasteiger partial charge on any atom is -0.467 e. The Morgan fingerprint density at radius 1 is 1.53 bits per heavy atom. The van der Waals surface area contributed by atoms with Gasteiger partial charge in [0.2, 0.25) is 0 Å². The Bertz CT molecular complexity index is 439. The molecule has 0 aliphatic heterocycles. The standard InChI is InChI=1S/C12H15ClN2O3S/c1-18-12(17)9(5-6-19-2)15-11(16)8-3-4-10(13)14-7-8/h3-4,7,9H,5-6H2,1-2H3,(H,15,16)/t9-/m0/s1. The maximum atomic E-state index is 11.9. The van der Waals surface area contributed by atoms with Gasteiger partial charge in [0, 0.05) is 6.20 Å². The Hall–Kier alpha value is -1.27. The molecular formula is C12H15ClN2O3S. The van der Waals surface area contributed by atoms with Gasteiger partial charge in [-0.3, -0.25) is 4.79 Å². The Kier molecular flexibility index (Phi) is 6.66. The molecule has 0 aliphatic rings. The summed E-state index contributed by atoms with van der Waals surface area (Å²) in [5.41, 5.74) is 0.349. The van der Waals surface area contributed by atoms with Crippen LogP contribution in [0, 0.1) is 0 Å². The monoisotopic (exact) mass is 302 g/mol. The van der Waals surface area contributed by atoms with Crippen molar-refractivity contribution in [1.29, 1.82) is 0 Å². The van der Waals surface area contributed by atoms with E-state index in [1.54, 1.807) is 17.8 Å². The molecule has 0 fully saturated rings. The zero-order valence-corrected chi connectivity index (χ0v) is 12.3. The van der Waals surface area contributed by atoms with Gasteiger partial charge in [0.05, 0.1) is 12.7 Å². The lowest BCUT2D eigenvalue weighted by atomic mass is 10.2. The summed E-state index contributed by atoms with van der Waals surface area (Å²) >= 11 is 7.24. The molecule has 0 spiro atoms. The van der Waals surface area contributed by atoms with Crippen LogP contribution in [0.25, 0.3) is 0 Å². The van der Waals surface area contributed by atoms with Gasteiger partial charge in [0.1, 0.15) is 11.2 Å². The van der Waals surface area contributed by atoms with E-state index in [9.17, 15) is 9.59 Å². The second-order valence-electron chi connectivity index (χ2n) is 3.70. The Morgan fingerprint density at radius 3 is 2.79 bits per heavy atom. The summed E-state index contributed by atoms with van der Waals surface area (Å²) in [6.07, 6.45) is 3.81. The third-order valence-corrected chi connectivity index (χ3v) is 3.26. The van der Waals surface area contributed by atoms with Crippen molar-refractivity contribution in [2.24, 2.45) is 0 Å². The van der Waals surface area contributed by atoms with Crippen LogP contribution in [0.3, 0.4) is 0 Å². The van der Waals surface area contributed by atoms with Gasteiger partial charge in [0.15, 0.2) is 0 Å². The van der Waals surface area contributed by atoms with Crippen molar-refractivity contribution in [3.63, 3.8) is 0 Å². The van der Waals surface area contributed by atoms with Crippen LogP contribution in [0.2, 0.25) is 5.15 Å². The van der Waals surface area contributed by atoms with Gasteiger partial charge in [-0.25, -0.2) is 9.78 Å². The van der Waals surface area contributed by atoms with Crippen molar-refractivity contribution in [3.05, 3.63) is 29.0 Å². The highest BCUT2D eigenvalue weighted by Gasteiger charge is 2.21. The van der Waals surface area contributed by atoms with Crippen LogP contribution in [-0.2, 0) is 9.53 Å². The lowest BCUT2D eigenvalue weighted by Crippen LogP contribution is -2.42. The average Bonchev–Trinajstić information content (AvgIpc) is 2.43. The van der Waals surface area contributed by atoms with Gasteiger partial charge in [-0.1, -0.05) is 11.6 Å². The molecule has 1 amide bonds. The van der Waals surface area contributed by atoms with Crippen molar-refractivity contribution in [1.82, 2.24) is 10.3 Å². The molecule has 1 aromatic rings. The number of carbonyl (C=O) groups is 2. The molecule has 0 aromatic carbocycles. The Labute approximate surface area is 121 Å². The maximum Gasteiger partial charge on any atom is 0.328 e. The molecule has 1 rings (SSSR count). The van der Waals surface area contributed by atoms with E-state index in [1.807, 2.05) is 6.26 Å². The number of thioether (sulfide) groups is 1. The van der Waals surface area contributed by atoms with Crippen LogP contribution >= 0.6 is 23.4 Å². The number of amides is 1. The average molecular weight is 303 g/mol. The first-order valence-corrected chi connectivity index (χ1v) is 7.35. The van der Waals surface area contributed by atoms with E-state index in [0.29, 0.717) is 17.1 Å². The quantitative estimate of drug-likeness (QED) is 0.640. The summed E-state index contributed by atoms with van der Waals surface area (Å²) in [5, 5.41) is 2.94. The highest BCUT2D eigenvalue weighted by molar-refractivity contribution is 7.98. The fraction of sp³-hybridized carbons (Fsp3) is 0.417. The number of halogens is 1. The zero-order chi connectivity index (χ0) is 14.3. The van der Waals surface area contributed by atoms with Crippen LogP contribution in [0.4, 0.5) is 0 Å². The van der Waals surface area contributed by atoms with E-state index in [2.05, 4.69) is 15.0 Å². The van der Waals surface area contributed by atoms with Crippen molar-refractivity contribution >= 4 is 35.2 Å². The molecule has 1 heterocycles. The number of hydrogen-bond acceptors (Lipinski definition) is 5. The molecule has 5 nitrogen and oxygen atoms in total. The number of hydrogen-bond donors (Lipinski definition) is 1. The molecule has 0 aliphatic carbocycles. The number of methoxy groups -OCH3 is 1. The second kappa shape index (κ2) is 8.01. The zero-order valence-electron chi connectivity index (χ0n) is 10.7. The van der Waals surface area contributed by atoms with Crippen LogP contribution in [0.15, 0.2) is 18.3 Å². The molecule has 0 unspecified atom stereocenters. The Morgan fingerprint density at radius 2 is 2.26 bits per heavy atom. The topological polar surface area (TPSA) is 68.3 Å². The largest absolute Gasteiger partial charge is 0.467 e. The smallest absolute Gasteiger partial charge is 0.328 e. The number of nitrogens with zero attached hydrogens (tertiary/aromatic N) is 1. The molecule has 7 heteroatoms. The molecule has 0 radical (unpaired) electrons. The van der Waals surface area contributed by atoms with Crippen LogP contribution in [0.5, 0.6) is 0 Å². The summed E-state index contributed by atoms with van der Waals surface area (Å²) in [5.74, 6) is -0.0798. The number of rotatable bonds is 6. The summed E-state index contributed by atoms with van der Waals surface area (Å²) < 4.78 is 4.67. The van der Waals surface area contributed by atoms with E-state index in [1.165, 1.54) is 19.4 Å². The summed E-state index contributed by atoms with van der Waals surface area (Å²) in [6, 6.07) is 2.42. The van der Waals surface area contributed by atoms with Gasteiger partial charge >= 0.3 is 5.97 Å². The SMILES string of the molecule is COC(=O)[C@H](CCSC)NC(=O)c1ccc(Cl)nc1. The number of esters is 1. The molecular weight excluding hydrogens is 288 g/mol. The molecule has 1 aromatic heterocycles. The van der Waals surface area contributed by atoms with E-state index < -0.39 is 12.0 Å².